The fraction of sp³-hybridized carbons (Fsp3) is 0. The first-order chi connectivity index (χ1) is 19.8. The molecular formula is C37H20N2S. The largest absolute Gasteiger partial charge is 0.291 e. The summed E-state index contributed by atoms with van der Waals surface area (Å²) in [5, 5.41) is 11.5. The van der Waals surface area contributed by atoms with Crippen LogP contribution in [-0.2, 0) is 0 Å². The van der Waals surface area contributed by atoms with Crippen molar-refractivity contribution in [3.8, 4) is 11.1 Å². The van der Waals surface area contributed by atoms with Gasteiger partial charge in [-0.3, -0.25) is 4.40 Å². The number of hydrogen-bond acceptors (Lipinski definition) is 2. The molecule has 0 atom stereocenters. The van der Waals surface area contributed by atoms with Crippen LogP contribution in [0.4, 0.5) is 0 Å². The molecule has 4 heterocycles. The van der Waals surface area contributed by atoms with Crippen LogP contribution < -0.4 is 0 Å². The maximum atomic E-state index is 5.23. The summed E-state index contributed by atoms with van der Waals surface area (Å²) in [7, 11) is 0. The van der Waals surface area contributed by atoms with E-state index in [2.05, 4.69) is 126 Å². The van der Waals surface area contributed by atoms with Crippen LogP contribution >= 0.6 is 11.3 Å². The number of benzene rings is 6. The summed E-state index contributed by atoms with van der Waals surface area (Å²) in [5.41, 5.74) is 7.16. The second-order valence-corrected chi connectivity index (χ2v) is 11.8. The molecule has 10 rings (SSSR count). The number of rotatable bonds is 1. The second-order valence-electron chi connectivity index (χ2n) is 10.8. The predicted octanol–water partition coefficient (Wildman–Crippen LogP) is 10.6. The summed E-state index contributed by atoms with van der Waals surface area (Å²) >= 11 is 1.90. The van der Waals surface area contributed by atoms with Crippen molar-refractivity contribution in [3.63, 3.8) is 0 Å². The Bertz CT molecular complexity index is 2650. The number of hydrogen-bond donors (Lipinski definition) is 0. The van der Waals surface area contributed by atoms with Gasteiger partial charge >= 0.3 is 0 Å². The monoisotopic (exact) mass is 524 g/mol. The molecule has 0 bridgehead atoms. The van der Waals surface area contributed by atoms with Crippen molar-refractivity contribution < 1.29 is 0 Å². The van der Waals surface area contributed by atoms with Crippen molar-refractivity contribution in [3.05, 3.63) is 121 Å². The van der Waals surface area contributed by atoms with Crippen molar-refractivity contribution in [1.29, 1.82) is 0 Å². The van der Waals surface area contributed by atoms with Crippen molar-refractivity contribution in [2.45, 2.75) is 0 Å². The second kappa shape index (κ2) is 7.35. The van der Waals surface area contributed by atoms with Crippen molar-refractivity contribution in [2.75, 3.05) is 0 Å². The maximum absolute atomic E-state index is 5.23. The van der Waals surface area contributed by atoms with Gasteiger partial charge in [-0.1, -0.05) is 97.1 Å². The molecule has 0 unspecified atom stereocenters. The highest BCUT2D eigenvalue weighted by atomic mass is 32.1. The zero-order valence-electron chi connectivity index (χ0n) is 21.3. The van der Waals surface area contributed by atoms with Gasteiger partial charge in [0.25, 0.3) is 0 Å². The minimum absolute atomic E-state index is 1.03. The molecule has 40 heavy (non-hydrogen) atoms. The zero-order valence-corrected chi connectivity index (χ0v) is 22.2. The summed E-state index contributed by atoms with van der Waals surface area (Å²) in [4.78, 5) is 5.23. The molecule has 0 saturated heterocycles. The molecule has 0 fully saturated rings. The summed E-state index contributed by atoms with van der Waals surface area (Å²) < 4.78 is 5.08. The average Bonchev–Trinajstić information content (AvgIpc) is 3.66. The van der Waals surface area contributed by atoms with Crippen LogP contribution in [0.1, 0.15) is 0 Å². The van der Waals surface area contributed by atoms with Crippen LogP contribution in [0, 0.1) is 0 Å². The zero-order chi connectivity index (χ0) is 25.9. The topological polar surface area (TPSA) is 17.3 Å². The van der Waals surface area contributed by atoms with Gasteiger partial charge in [-0.2, -0.15) is 0 Å². The summed E-state index contributed by atoms with van der Waals surface area (Å²) in [6.45, 7) is 0. The number of nitrogens with zero attached hydrogens (tertiary/aromatic N) is 2. The van der Waals surface area contributed by atoms with Crippen LogP contribution in [0.25, 0.3) is 91.2 Å². The molecule has 10 aromatic rings. The van der Waals surface area contributed by atoms with E-state index in [-0.39, 0.29) is 0 Å². The van der Waals surface area contributed by atoms with E-state index < -0.39 is 0 Å². The van der Waals surface area contributed by atoms with Gasteiger partial charge in [0.2, 0.25) is 0 Å². The molecule has 6 aromatic carbocycles. The third kappa shape index (κ3) is 2.56. The number of aromatic nitrogens is 2. The smallest absolute Gasteiger partial charge is 0.146 e. The van der Waals surface area contributed by atoms with E-state index in [4.69, 9.17) is 4.98 Å². The van der Waals surface area contributed by atoms with Gasteiger partial charge in [-0.05, 0) is 46.2 Å². The van der Waals surface area contributed by atoms with E-state index in [0.717, 1.165) is 11.2 Å². The Morgan fingerprint density at radius 2 is 1.23 bits per heavy atom. The fourth-order valence-corrected chi connectivity index (χ4v) is 8.15. The molecule has 4 aromatic heterocycles. The van der Waals surface area contributed by atoms with Gasteiger partial charge < -0.3 is 0 Å². The van der Waals surface area contributed by atoms with E-state index in [1.165, 1.54) is 80.0 Å². The van der Waals surface area contributed by atoms with Gasteiger partial charge in [0.15, 0.2) is 0 Å². The molecule has 0 aliphatic heterocycles. The fourth-order valence-electron chi connectivity index (χ4n) is 6.93. The van der Waals surface area contributed by atoms with Gasteiger partial charge in [0.05, 0.1) is 21.3 Å². The Labute approximate surface area is 232 Å². The third-order valence-electron chi connectivity index (χ3n) is 8.69. The SMILES string of the molecule is c1ccc2nc3c(cc2c1)c1cccc2c4ccc5c6cc(-c7cccc8ccccc78)ccc6sc5c4n3c12. The molecular weight excluding hydrogens is 504 g/mol. The Kier molecular flexibility index (Phi) is 3.84. The van der Waals surface area contributed by atoms with Crippen molar-refractivity contribution in [1.82, 2.24) is 9.38 Å². The first-order valence-corrected chi connectivity index (χ1v) is 14.5. The highest BCUT2D eigenvalue weighted by Gasteiger charge is 2.21. The Morgan fingerprint density at radius 1 is 0.500 bits per heavy atom. The molecule has 184 valence electrons. The molecule has 2 nitrogen and oxygen atoms in total. The molecule has 0 aliphatic rings. The summed E-state index contributed by atoms with van der Waals surface area (Å²) in [6, 6.07) is 44.3. The van der Waals surface area contributed by atoms with Gasteiger partial charge in [0.1, 0.15) is 5.65 Å². The Balaban J connectivity index is 1.35. The lowest BCUT2D eigenvalue weighted by Crippen LogP contribution is -1.86. The lowest BCUT2D eigenvalue weighted by atomic mass is 9.97. The van der Waals surface area contributed by atoms with E-state index in [9.17, 15) is 0 Å². The number of para-hydroxylation sites is 2. The summed E-state index contributed by atoms with van der Waals surface area (Å²) in [6.07, 6.45) is 0. The first kappa shape index (κ1) is 20.9. The molecule has 0 amide bonds. The predicted molar refractivity (Wildman–Crippen MR) is 172 cm³/mol. The number of fused-ring (bicyclic) bond motifs is 12. The van der Waals surface area contributed by atoms with E-state index >= 15 is 0 Å². The minimum atomic E-state index is 1.03. The molecule has 0 radical (unpaired) electrons. The third-order valence-corrected chi connectivity index (χ3v) is 9.89. The number of thiophene rings is 1. The molecule has 3 heteroatoms. The average molecular weight is 525 g/mol. The Morgan fingerprint density at radius 3 is 2.17 bits per heavy atom. The van der Waals surface area contributed by atoms with Crippen LogP contribution in [0.5, 0.6) is 0 Å². The highest BCUT2D eigenvalue weighted by molar-refractivity contribution is 7.26. The molecule has 0 aliphatic carbocycles. The van der Waals surface area contributed by atoms with Crippen molar-refractivity contribution >= 4 is 91.4 Å². The van der Waals surface area contributed by atoms with Gasteiger partial charge in [0, 0.05) is 42.4 Å². The van der Waals surface area contributed by atoms with Crippen LogP contribution in [0.15, 0.2) is 121 Å². The Hall–Kier alpha value is -4.99. The van der Waals surface area contributed by atoms with Gasteiger partial charge in [-0.15, -0.1) is 11.3 Å². The maximum Gasteiger partial charge on any atom is 0.146 e. The normalized spacial score (nSPS) is 12.5. The lowest BCUT2D eigenvalue weighted by molar-refractivity contribution is 1.31. The van der Waals surface area contributed by atoms with Gasteiger partial charge in [-0.25, -0.2) is 4.98 Å². The molecule has 0 N–H and O–H groups in total. The van der Waals surface area contributed by atoms with E-state index in [1.807, 2.05) is 11.3 Å². The molecule has 0 spiro atoms. The molecule has 0 saturated carbocycles. The quantitative estimate of drug-likeness (QED) is 0.209. The minimum Gasteiger partial charge on any atom is -0.291 e. The van der Waals surface area contributed by atoms with Crippen molar-refractivity contribution in [2.24, 2.45) is 0 Å². The van der Waals surface area contributed by atoms with E-state index in [0.29, 0.717) is 0 Å². The summed E-state index contributed by atoms with van der Waals surface area (Å²) in [5.74, 6) is 0. The lowest BCUT2D eigenvalue weighted by Gasteiger charge is -2.07. The number of pyridine rings is 1. The standard InChI is InChI=1S/C37H20N2S/c1-3-10-24-21(7-1)9-5-11-25(24)22-15-18-33-30(19-22)29-17-16-28-26-12-6-13-27-31-20-23-8-2-4-14-32(23)38-37(31)39(34(26)27)35(28)36(29)40-33/h1-20H. The van der Waals surface area contributed by atoms with Crippen LogP contribution in [-0.4, -0.2) is 9.38 Å². The highest BCUT2D eigenvalue weighted by Crippen LogP contribution is 2.46. The van der Waals surface area contributed by atoms with Crippen LogP contribution in [0.3, 0.4) is 0 Å². The first-order valence-electron chi connectivity index (χ1n) is 13.6. The van der Waals surface area contributed by atoms with E-state index in [1.54, 1.807) is 0 Å². The van der Waals surface area contributed by atoms with Crippen LogP contribution in [0.2, 0.25) is 0 Å².